The van der Waals surface area contributed by atoms with Crippen LogP contribution in [0.15, 0.2) is 30.3 Å². The first kappa shape index (κ1) is 10.7. The van der Waals surface area contributed by atoms with Gasteiger partial charge in [0.1, 0.15) is 0 Å². The Kier molecular flexibility index (Phi) is 3.08. The Morgan fingerprint density at radius 3 is 2.60 bits per heavy atom. The number of hydrogen-bond donors (Lipinski definition) is 0. The molecule has 0 aliphatic carbocycles. The first-order valence-electron chi connectivity index (χ1n) is 5.58. The van der Waals surface area contributed by atoms with E-state index in [0.29, 0.717) is 12.0 Å². The van der Waals surface area contributed by atoms with Crippen molar-refractivity contribution in [2.24, 2.45) is 5.41 Å². The van der Waals surface area contributed by atoms with Gasteiger partial charge in [-0.25, -0.2) is 0 Å². The number of rotatable bonds is 3. The lowest BCUT2D eigenvalue weighted by atomic mass is 9.93. The van der Waals surface area contributed by atoms with Crippen molar-refractivity contribution < 1.29 is 4.84 Å². The van der Waals surface area contributed by atoms with E-state index in [1.807, 2.05) is 18.2 Å². The van der Waals surface area contributed by atoms with Gasteiger partial charge >= 0.3 is 0 Å². The lowest BCUT2D eigenvalue weighted by Crippen LogP contribution is -2.23. The van der Waals surface area contributed by atoms with Crippen molar-refractivity contribution in [3.8, 4) is 0 Å². The highest BCUT2D eigenvalue weighted by Gasteiger charge is 2.29. The lowest BCUT2D eigenvalue weighted by Gasteiger charge is -2.19. The van der Waals surface area contributed by atoms with Crippen LogP contribution in [-0.2, 0) is 11.4 Å². The summed E-state index contributed by atoms with van der Waals surface area (Å²) in [6.07, 6.45) is 1.22. The molecule has 1 aromatic rings. The molecule has 0 spiro atoms. The Hall–Kier alpha value is -0.860. The predicted molar refractivity (Wildman–Crippen MR) is 61.2 cm³/mol. The van der Waals surface area contributed by atoms with Gasteiger partial charge in [0.2, 0.25) is 0 Å². The number of hydrogen-bond acceptors (Lipinski definition) is 2. The van der Waals surface area contributed by atoms with Crippen LogP contribution in [-0.4, -0.2) is 18.2 Å². The molecule has 0 radical (unpaired) electrons. The molecule has 2 rings (SSSR count). The fraction of sp³-hybridized carbons (Fsp3) is 0.538. The molecule has 1 aliphatic heterocycles. The Bertz CT molecular complexity index is 308. The van der Waals surface area contributed by atoms with Gasteiger partial charge in [-0.1, -0.05) is 44.2 Å². The van der Waals surface area contributed by atoms with Crippen molar-refractivity contribution in [1.82, 2.24) is 5.06 Å². The van der Waals surface area contributed by atoms with Gasteiger partial charge in [0.15, 0.2) is 0 Å². The summed E-state index contributed by atoms with van der Waals surface area (Å²) in [5, 5.41) is 2.09. The molecule has 0 aromatic heterocycles. The molecule has 15 heavy (non-hydrogen) atoms. The number of hydroxylamine groups is 2. The minimum Gasteiger partial charge on any atom is -0.294 e. The van der Waals surface area contributed by atoms with Gasteiger partial charge in [0.25, 0.3) is 0 Å². The summed E-state index contributed by atoms with van der Waals surface area (Å²) in [4.78, 5) is 5.76. The molecule has 1 aliphatic rings. The second kappa shape index (κ2) is 4.33. The third-order valence-electron chi connectivity index (χ3n) is 2.90. The van der Waals surface area contributed by atoms with E-state index in [-0.39, 0.29) is 0 Å². The van der Waals surface area contributed by atoms with E-state index in [4.69, 9.17) is 4.84 Å². The molecule has 0 unspecified atom stereocenters. The monoisotopic (exact) mass is 205 g/mol. The van der Waals surface area contributed by atoms with Gasteiger partial charge in [-0.15, -0.1) is 0 Å². The molecular weight excluding hydrogens is 186 g/mol. The average molecular weight is 205 g/mol. The van der Waals surface area contributed by atoms with Gasteiger partial charge in [0, 0.05) is 13.1 Å². The van der Waals surface area contributed by atoms with Crippen LogP contribution in [0.3, 0.4) is 0 Å². The van der Waals surface area contributed by atoms with Crippen LogP contribution >= 0.6 is 0 Å². The third kappa shape index (κ3) is 3.05. The third-order valence-corrected chi connectivity index (χ3v) is 2.90. The highest BCUT2D eigenvalue weighted by Crippen LogP contribution is 2.28. The summed E-state index contributed by atoms with van der Waals surface area (Å²) in [6.45, 7) is 7.37. The molecular formula is C13H19NO. The van der Waals surface area contributed by atoms with Crippen LogP contribution < -0.4 is 0 Å². The van der Waals surface area contributed by atoms with Crippen LogP contribution in [0.4, 0.5) is 0 Å². The van der Waals surface area contributed by atoms with Crippen molar-refractivity contribution in [2.45, 2.75) is 26.9 Å². The largest absolute Gasteiger partial charge is 0.294 e. The van der Waals surface area contributed by atoms with Crippen molar-refractivity contribution in [3.05, 3.63) is 35.9 Å². The molecule has 2 heteroatoms. The van der Waals surface area contributed by atoms with Gasteiger partial charge in [-0.3, -0.25) is 4.84 Å². The molecule has 82 valence electrons. The minimum absolute atomic E-state index is 0.413. The van der Waals surface area contributed by atoms with E-state index >= 15 is 0 Å². The minimum atomic E-state index is 0.413. The van der Waals surface area contributed by atoms with E-state index in [9.17, 15) is 0 Å². The van der Waals surface area contributed by atoms with Crippen LogP contribution in [0.25, 0.3) is 0 Å². The predicted octanol–water partition coefficient (Wildman–Crippen LogP) is 2.85. The maximum atomic E-state index is 5.76. The van der Waals surface area contributed by atoms with Crippen molar-refractivity contribution >= 4 is 0 Å². The summed E-state index contributed by atoms with van der Waals surface area (Å²) in [5.41, 5.74) is 1.65. The molecule has 1 fully saturated rings. The Morgan fingerprint density at radius 2 is 2.00 bits per heavy atom. The summed E-state index contributed by atoms with van der Waals surface area (Å²) in [7, 11) is 0. The summed E-state index contributed by atoms with van der Waals surface area (Å²) >= 11 is 0. The fourth-order valence-electron chi connectivity index (χ4n) is 1.91. The summed E-state index contributed by atoms with van der Waals surface area (Å²) < 4.78 is 0. The zero-order valence-electron chi connectivity index (χ0n) is 9.57. The second-order valence-electron chi connectivity index (χ2n) is 5.04. The normalized spacial score (nSPS) is 20.7. The van der Waals surface area contributed by atoms with E-state index in [1.54, 1.807) is 0 Å². The first-order valence-corrected chi connectivity index (χ1v) is 5.58. The molecule has 0 bridgehead atoms. The molecule has 0 saturated carbocycles. The Labute approximate surface area is 91.8 Å². The quantitative estimate of drug-likeness (QED) is 0.752. The van der Waals surface area contributed by atoms with Gasteiger partial charge in [-0.05, 0) is 17.4 Å². The Balaban J connectivity index is 1.80. The van der Waals surface area contributed by atoms with E-state index in [1.165, 1.54) is 12.0 Å². The maximum Gasteiger partial charge on any atom is 0.0935 e. The second-order valence-corrected chi connectivity index (χ2v) is 5.04. The SMILES string of the molecule is CC1(C)CCN(OCc2ccccc2)C1. The zero-order valence-corrected chi connectivity index (χ0v) is 9.57. The van der Waals surface area contributed by atoms with Crippen molar-refractivity contribution in [3.63, 3.8) is 0 Å². The molecule has 0 atom stereocenters. The fourth-order valence-corrected chi connectivity index (χ4v) is 1.91. The number of benzene rings is 1. The topological polar surface area (TPSA) is 12.5 Å². The van der Waals surface area contributed by atoms with Crippen molar-refractivity contribution in [2.75, 3.05) is 13.1 Å². The summed E-state index contributed by atoms with van der Waals surface area (Å²) in [5.74, 6) is 0. The number of nitrogens with zero attached hydrogens (tertiary/aromatic N) is 1. The summed E-state index contributed by atoms with van der Waals surface area (Å²) in [6, 6.07) is 10.3. The van der Waals surface area contributed by atoms with E-state index < -0.39 is 0 Å². The van der Waals surface area contributed by atoms with Crippen LogP contribution in [0.2, 0.25) is 0 Å². The average Bonchev–Trinajstić information content (AvgIpc) is 2.57. The van der Waals surface area contributed by atoms with E-state index in [0.717, 1.165) is 13.1 Å². The van der Waals surface area contributed by atoms with Crippen LogP contribution in [0.5, 0.6) is 0 Å². The van der Waals surface area contributed by atoms with Gasteiger partial charge in [-0.2, -0.15) is 5.06 Å². The molecule has 1 heterocycles. The molecule has 2 nitrogen and oxygen atoms in total. The van der Waals surface area contributed by atoms with Crippen LogP contribution in [0, 0.1) is 5.41 Å². The van der Waals surface area contributed by atoms with Gasteiger partial charge in [0.05, 0.1) is 6.61 Å². The highest BCUT2D eigenvalue weighted by molar-refractivity contribution is 5.13. The molecule has 0 N–H and O–H groups in total. The maximum absolute atomic E-state index is 5.76. The van der Waals surface area contributed by atoms with Crippen LogP contribution in [0.1, 0.15) is 25.8 Å². The Morgan fingerprint density at radius 1 is 1.27 bits per heavy atom. The lowest BCUT2D eigenvalue weighted by molar-refractivity contribution is -0.158. The van der Waals surface area contributed by atoms with E-state index in [2.05, 4.69) is 31.0 Å². The zero-order chi connectivity index (χ0) is 10.7. The first-order chi connectivity index (χ1) is 7.16. The highest BCUT2D eigenvalue weighted by atomic mass is 16.7. The van der Waals surface area contributed by atoms with Gasteiger partial charge < -0.3 is 0 Å². The van der Waals surface area contributed by atoms with Crippen molar-refractivity contribution in [1.29, 1.82) is 0 Å². The standard InChI is InChI=1S/C13H19NO/c1-13(2)8-9-14(11-13)15-10-12-6-4-3-5-7-12/h3-7H,8-11H2,1-2H3. The molecule has 0 amide bonds. The molecule has 1 aromatic carbocycles. The smallest absolute Gasteiger partial charge is 0.0935 e. The molecule has 1 saturated heterocycles.